The van der Waals surface area contributed by atoms with Crippen molar-refractivity contribution in [3.05, 3.63) is 18.2 Å². The van der Waals surface area contributed by atoms with Crippen LogP contribution < -0.4 is 5.32 Å². The maximum absolute atomic E-state index is 11.5. The van der Waals surface area contributed by atoms with Crippen molar-refractivity contribution < 1.29 is 24.6 Å². The van der Waals surface area contributed by atoms with Crippen molar-refractivity contribution in [1.29, 1.82) is 0 Å². The van der Waals surface area contributed by atoms with Crippen LogP contribution in [-0.4, -0.2) is 44.1 Å². The molecule has 0 aliphatic heterocycles. The third kappa shape index (κ3) is 5.66. The summed E-state index contributed by atoms with van der Waals surface area (Å²) in [4.78, 5) is 39.3. The molecule has 19 heavy (non-hydrogen) atoms. The molecule has 1 atom stereocenters. The average molecular weight is 269 g/mol. The van der Waals surface area contributed by atoms with Gasteiger partial charge >= 0.3 is 11.9 Å². The van der Waals surface area contributed by atoms with E-state index in [1.54, 1.807) is 6.20 Å². The van der Waals surface area contributed by atoms with E-state index in [-0.39, 0.29) is 25.7 Å². The zero-order chi connectivity index (χ0) is 14.3. The Morgan fingerprint density at radius 2 is 2.05 bits per heavy atom. The lowest BCUT2D eigenvalue weighted by Gasteiger charge is -2.13. The summed E-state index contributed by atoms with van der Waals surface area (Å²) in [5.74, 6) is -2.63. The molecule has 1 aromatic rings. The molecule has 0 aromatic carbocycles. The Balaban J connectivity index is 2.42. The van der Waals surface area contributed by atoms with Gasteiger partial charge in [0.2, 0.25) is 5.91 Å². The molecule has 0 fully saturated rings. The number of H-pyrrole nitrogens is 1. The second-order valence-corrected chi connectivity index (χ2v) is 3.97. The first-order valence-electron chi connectivity index (χ1n) is 5.70. The number of aliphatic carboxylic acids is 2. The van der Waals surface area contributed by atoms with Gasteiger partial charge in [-0.25, -0.2) is 9.78 Å². The van der Waals surface area contributed by atoms with Crippen molar-refractivity contribution in [3.8, 4) is 0 Å². The van der Waals surface area contributed by atoms with Crippen LogP contribution >= 0.6 is 0 Å². The maximum Gasteiger partial charge on any atom is 0.326 e. The van der Waals surface area contributed by atoms with E-state index in [2.05, 4.69) is 15.3 Å². The number of aromatic nitrogens is 2. The minimum absolute atomic E-state index is 0.0172. The average Bonchev–Trinajstić information content (AvgIpc) is 2.80. The Hall–Kier alpha value is -2.38. The SMILES string of the molecule is O=C(O)CCCC(=O)NC(Cc1c[nH]cn1)C(=O)O. The molecule has 0 aliphatic rings. The first-order chi connectivity index (χ1) is 8.99. The van der Waals surface area contributed by atoms with Crippen molar-refractivity contribution in [2.45, 2.75) is 31.7 Å². The highest BCUT2D eigenvalue weighted by molar-refractivity contribution is 5.83. The fraction of sp³-hybridized carbons (Fsp3) is 0.455. The summed E-state index contributed by atoms with van der Waals surface area (Å²) < 4.78 is 0. The van der Waals surface area contributed by atoms with Gasteiger partial charge in [-0.3, -0.25) is 9.59 Å². The monoisotopic (exact) mass is 269 g/mol. The molecule has 0 saturated heterocycles. The van der Waals surface area contributed by atoms with E-state index in [9.17, 15) is 14.4 Å². The van der Waals surface area contributed by atoms with Crippen molar-refractivity contribution >= 4 is 17.8 Å². The van der Waals surface area contributed by atoms with Gasteiger partial charge in [0.25, 0.3) is 0 Å². The highest BCUT2D eigenvalue weighted by Gasteiger charge is 2.21. The van der Waals surface area contributed by atoms with Crippen LogP contribution in [0.15, 0.2) is 12.5 Å². The number of carboxylic acids is 2. The summed E-state index contributed by atoms with van der Waals surface area (Å²) in [6.07, 6.45) is 3.08. The van der Waals surface area contributed by atoms with Crippen LogP contribution in [0, 0.1) is 0 Å². The highest BCUT2D eigenvalue weighted by Crippen LogP contribution is 2.01. The van der Waals surface area contributed by atoms with Crippen LogP contribution in [0.25, 0.3) is 0 Å². The number of hydrogen-bond acceptors (Lipinski definition) is 4. The van der Waals surface area contributed by atoms with E-state index in [0.717, 1.165) is 0 Å². The summed E-state index contributed by atoms with van der Waals surface area (Å²) in [5.41, 5.74) is 0.526. The second-order valence-electron chi connectivity index (χ2n) is 3.97. The minimum Gasteiger partial charge on any atom is -0.481 e. The fourth-order valence-electron chi connectivity index (χ4n) is 1.48. The van der Waals surface area contributed by atoms with Gasteiger partial charge in [-0.15, -0.1) is 0 Å². The van der Waals surface area contributed by atoms with Crippen LogP contribution in [-0.2, 0) is 20.8 Å². The van der Waals surface area contributed by atoms with Gasteiger partial charge in [0, 0.05) is 25.5 Å². The molecule has 0 bridgehead atoms. The Kier molecular flexibility index (Phi) is 5.52. The van der Waals surface area contributed by atoms with Crippen LogP contribution in [0.5, 0.6) is 0 Å². The van der Waals surface area contributed by atoms with Crippen LogP contribution in [0.3, 0.4) is 0 Å². The Morgan fingerprint density at radius 1 is 1.32 bits per heavy atom. The largest absolute Gasteiger partial charge is 0.481 e. The van der Waals surface area contributed by atoms with Crippen molar-refractivity contribution in [2.24, 2.45) is 0 Å². The van der Waals surface area contributed by atoms with Crippen molar-refractivity contribution in [1.82, 2.24) is 15.3 Å². The highest BCUT2D eigenvalue weighted by atomic mass is 16.4. The van der Waals surface area contributed by atoms with Gasteiger partial charge in [0.1, 0.15) is 6.04 Å². The lowest BCUT2D eigenvalue weighted by molar-refractivity contribution is -0.142. The molecule has 8 nitrogen and oxygen atoms in total. The molecule has 4 N–H and O–H groups in total. The van der Waals surface area contributed by atoms with Gasteiger partial charge < -0.3 is 20.5 Å². The standard InChI is InChI=1S/C11H15N3O5/c15-9(2-1-3-10(16)17)14-8(11(18)19)4-7-5-12-6-13-7/h5-6,8H,1-4H2,(H,12,13)(H,14,15)(H,16,17)(H,18,19). The smallest absolute Gasteiger partial charge is 0.326 e. The summed E-state index contributed by atoms with van der Waals surface area (Å²) in [6, 6.07) is -1.07. The molecule has 0 aliphatic carbocycles. The number of aromatic amines is 1. The quantitative estimate of drug-likeness (QED) is 0.515. The van der Waals surface area contributed by atoms with E-state index in [1.807, 2.05) is 0 Å². The zero-order valence-electron chi connectivity index (χ0n) is 10.1. The number of rotatable bonds is 8. The lowest BCUT2D eigenvalue weighted by atomic mass is 10.1. The molecule has 104 valence electrons. The third-order valence-corrected chi connectivity index (χ3v) is 2.40. The van der Waals surface area contributed by atoms with E-state index in [1.165, 1.54) is 6.33 Å². The van der Waals surface area contributed by atoms with Gasteiger partial charge in [-0.1, -0.05) is 0 Å². The normalized spacial score (nSPS) is 11.8. The summed E-state index contributed by atoms with van der Waals surface area (Å²) in [5, 5.41) is 19.8. The van der Waals surface area contributed by atoms with E-state index in [4.69, 9.17) is 10.2 Å². The van der Waals surface area contributed by atoms with Crippen LogP contribution in [0.1, 0.15) is 25.0 Å². The fourth-order valence-corrected chi connectivity index (χ4v) is 1.48. The summed E-state index contributed by atoms with van der Waals surface area (Å²) in [7, 11) is 0. The van der Waals surface area contributed by atoms with E-state index < -0.39 is 23.9 Å². The van der Waals surface area contributed by atoms with Crippen molar-refractivity contribution in [2.75, 3.05) is 0 Å². The number of imidazole rings is 1. The first-order valence-corrected chi connectivity index (χ1v) is 5.70. The number of nitrogens with zero attached hydrogens (tertiary/aromatic N) is 1. The van der Waals surface area contributed by atoms with E-state index >= 15 is 0 Å². The molecular formula is C11H15N3O5. The van der Waals surface area contributed by atoms with Gasteiger partial charge in [0.05, 0.1) is 12.0 Å². The Morgan fingerprint density at radius 3 is 2.58 bits per heavy atom. The molecule has 1 aromatic heterocycles. The summed E-state index contributed by atoms with van der Waals surface area (Å²) >= 11 is 0. The molecule has 8 heteroatoms. The van der Waals surface area contributed by atoms with E-state index in [0.29, 0.717) is 5.69 Å². The number of amides is 1. The Labute approximate surface area is 108 Å². The van der Waals surface area contributed by atoms with Gasteiger partial charge in [-0.2, -0.15) is 0 Å². The predicted octanol–water partition coefficient (Wildman–Crippen LogP) is -0.224. The number of carbonyl (C=O) groups excluding carboxylic acids is 1. The Bertz CT molecular complexity index is 443. The molecule has 0 saturated carbocycles. The molecule has 1 rings (SSSR count). The van der Waals surface area contributed by atoms with Crippen molar-refractivity contribution in [3.63, 3.8) is 0 Å². The molecule has 0 spiro atoms. The first kappa shape index (κ1) is 14.7. The number of nitrogens with one attached hydrogen (secondary N) is 2. The number of hydrogen-bond donors (Lipinski definition) is 4. The van der Waals surface area contributed by atoms with Crippen LogP contribution in [0.2, 0.25) is 0 Å². The van der Waals surface area contributed by atoms with Crippen LogP contribution in [0.4, 0.5) is 0 Å². The molecule has 1 heterocycles. The number of carboxylic acid groups (broad SMARTS) is 2. The molecule has 1 unspecified atom stereocenters. The third-order valence-electron chi connectivity index (χ3n) is 2.40. The molecular weight excluding hydrogens is 254 g/mol. The topological polar surface area (TPSA) is 132 Å². The second kappa shape index (κ2) is 7.14. The zero-order valence-corrected chi connectivity index (χ0v) is 10.1. The minimum atomic E-state index is -1.16. The maximum atomic E-state index is 11.5. The van der Waals surface area contributed by atoms with Gasteiger partial charge in [-0.05, 0) is 6.42 Å². The lowest BCUT2D eigenvalue weighted by Crippen LogP contribution is -2.42. The number of carbonyl (C=O) groups is 3. The predicted molar refractivity (Wildman–Crippen MR) is 63.3 cm³/mol. The molecule has 0 radical (unpaired) electrons. The summed E-state index contributed by atoms with van der Waals surface area (Å²) in [6.45, 7) is 0. The molecule has 1 amide bonds. The van der Waals surface area contributed by atoms with Gasteiger partial charge in [0.15, 0.2) is 0 Å².